The third-order valence-corrected chi connectivity index (χ3v) is 2.30. The van der Waals surface area contributed by atoms with E-state index in [1.165, 1.54) is 0 Å². The quantitative estimate of drug-likeness (QED) is 0.717. The van der Waals surface area contributed by atoms with Gasteiger partial charge in [0.15, 0.2) is 0 Å². The van der Waals surface area contributed by atoms with Crippen LogP contribution in [0.5, 0.6) is 0 Å². The van der Waals surface area contributed by atoms with E-state index in [-0.39, 0.29) is 6.10 Å². The fourth-order valence-corrected chi connectivity index (χ4v) is 1.62. The summed E-state index contributed by atoms with van der Waals surface area (Å²) in [7, 11) is 1.89. The number of rotatable bonds is 4. The summed E-state index contributed by atoms with van der Waals surface area (Å²) in [6.07, 6.45) is 0.487. The molecule has 0 spiro atoms. The van der Waals surface area contributed by atoms with Crippen molar-refractivity contribution in [1.29, 1.82) is 0 Å². The van der Waals surface area contributed by atoms with Gasteiger partial charge in [-0.2, -0.15) is 11.3 Å². The summed E-state index contributed by atoms with van der Waals surface area (Å²) in [6, 6.07) is 1.96. The maximum Gasteiger partial charge on any atom is 0.0810 e. The molecule has 11 heavy (non-hydrogen) atoms. The summed E-state index contributed by atoms with van der Waals surface area (Å²) in [5.74, 6) is 0. The Morgan fingerprint density at radius 3 is 3.09 bits per heavy atom. The average molecular weight is 171 g/mol. The van der Waals surface area contributed by atoms with Gasteiger partial charge in [-0.1, -0.05) is 0 Å². The molecule has 0 fully saturated rings. The molecule has 1 rings (SSSR count). The number of nitrogens with one attached hydrogen (secondary N) is 1. The molecular weight excluding hydrogens is 158 g/mol. The lowest BCUT2D eigenvalue weighted by Crippen LogP contribution is -2.11. The van der Waals surface area contributed by atoms with E-state index in [4.69, 9.17) is 0 Å². The van der Waals surface area contributed by atoms with Crippen molar-refractivity contribution >= 4 is 11.3 Å². The Kier molecular flexibility index (Phi) is 3.56. The van der Waals surface area contributed by atoms with Crippen molar-refractivity contribution in [2.24, 2.45) is 0 Å². The van der Waals surface area contributed by atoms with E-state index in [9.17, 15) is 5.11 Å². The highest BCUT2D eigenvalue weighted by atomic mass is 32.1. The molecule has 62 valence electrons. The Morgan fingerprint density at radius 1 is 1.73 bits per heavy atom. The lowest BCUT2D eigenvalue weighted by atomic mass is 10.1. The molecule has 1 atom stereocenters. The zero-order valence-corrected chi connectivity index (χ0v) is 7.40. The van der Waals surface area contributed by atoms with Gasteiger partial charge in [0.1, 0.15) is 0 Å². The van der Waals surface area contributed by atoms with Crippen LogP contribution in [0, 0.1) is 0 Å². The lowest BCUT2D eigenvalue weighted by molar-refractivity contribution is 0.168. The monoisotopic (exact) mass is 171 g/mol. The molecule has 0 amide bonds. The van der Waals surface area contributed by atoms with Crippen LogP contribution in [-0.2, 0) is 0 Å². The van der Waals surface area contributed by atoms with E-state index >= 15 is 0 Å². The summed E-state index contributed by atoms with van der Waals surface area (Å²) >= 11 is 1.62. The molecule has 0 aliphatic carbocycles. The summed E-state index contributed by atoms with van der Waals surface area (Å²) in [5.41, 5.74) is 1.03. The van der Waals surface area contributed by atoms with Gasteiger partial charge >= 0.3 is 0 Å². The number of thiophene rings is 1. The van der Waals surface area contributed by atoms with Crippen LogP contribution in [0.2, 0.25) is 0 Å². The third kappa shape index (κ3) is 2.61. The topological polar surface area (TPSA) is 32.3 Å². The fraction of sp³-hybridized carbons (Fsp3) is 0.500. The average Bonchev–Trinajstić information content (AvgIpc) is 2.52. The molecule has 0 bridgehead atoms. The number of aliphatic hydroxyl groups excluding tert-OH is 1. The predicted octanol–water partition coefficient (Wildman–Crippen LogP) is 1.39. The summed E-state index contributed by atoms with van der Waals surface area (Å²) in [4.78, 5) is 0. The molecule has 0 aliphatic heterocycles. The second-order valence-corrected chi connectivity index (χ2v) is 3.24. The van der Waals surface area contributed by atoms with Crippen molar-refractivity contribution in [2.75, 3.05) is 13.6 Å². The Labute approximate surface area is 70.9 Å². The Hall–Kier alpha value is -0.380. The molecule has 0 saturated heterocycles. The zero-order chi connectivity index (χ0) is 8.10. The van der Waals surface area contributed by atoms with Gasteiger partial charge in [-0.05, 0) is 42.4 Å². The largest absolute Gasteiger partial charge is 0.388 e. The number of aliphatic hydroxyl groups is 1. The maximum absolute atomic E-state index is 9.51. The molecular formula is C8H13NOS. The van der Waals surface area contributed by atoms with Crippen molar-refractivity contribution in [3.8, 4) is 0 Å². The first kappa shape index (κ1) is 8.71. The normalized spacial score (nSPS) is 13.3. The minimum atomic E-state index is -0.298. The highest BCUT2D eigenvalue weighted by Gasteiger charge is 2.05. The summed E-state index contributed by atoms with van der Waals surface area (Å²) in [5, 5.41) is 16.5. The summed E-state index contributed by atoms with van der Waals surface area (Å²) < 4.78 is 0. The van der Waals surface area contributed by atoms with Gasteiger partial charge in [-0.3, -0.25) is 0 Å². The van der Waals surface area contributed by atoms with E-state index in [0.717, 1.165) is 18.5 Å². The number of hydrogen-bond acceptors (Lipinski definition) is 3. The maximum atomic E-state index is 9.51. The molecule has 2 N–H and O–H groups in total. The SMILES string of the molecule is CNCC[C@@H](O)c1ccsc1. The highest BCUT2D eigenvalue weighted by molar-refractivity contribution is 7.07. The zero-order valence-electron chi connectivity index (χ0n) is 6.58. The molecule has 0 radical (unpaired) electrons. The molecule has 2 nitrogen and oxygen atoms in total. The van der Waals surface area contributed by atoms with Crippen LogP contribution in [0.15, 0.2) is 16.8 Å². The second kappa shape index (κ2) is 4.49. The van der Waals surface area contributed by atoms with Crippen LogP contribution < -0.4 is 5.32 Å². The van der Waals surface area contributed by atoms with Crippen molar-refractivity contribution in [1.82, 2.24) is 5.32 Å². The molecule has 0 unspecified atom stereocenters. The molecule has 1 heterocycles. The van der Waals surface area contributed by atoms with Crippen LogP contribution in [0.1, 0.15) is 18.1 Å². The van der Waals surface area contributed by atoms with Gasteiger partial charge < -0.3 is 10.4 Å². The van der Waals surface area contributed by atoms with Gasteiger partial charge in [0, 0.05) is 0 Å². The van der Waals surface area contributed by atoms with E-state index in [2.05, 4.69) is 5.32 Å². The Bertz CT molecular complexity index is 186. The highest BCUT2D eigenvalue weighted by Crippen LogP contribution is 2.18. The number of hydrogen-bond donors (Lipinski definition) is 2. The van der Waals surface area contributed by atoms with Gasteiger partial charge in [0.25, 0.3) is 0 Å². The Balaban J connectivity index is 2.36. The van der Waals surface area contributed by atoms with Crippen LogP contribution in [-0.4, -0.2) is 18.7 Å². The molecule has 0 aliphatic rings. The van der Waals surface area contributed by atoms with Crippen molar-refractivity contribution in [3.63, 3.8) is 0 Å². The van der Waals surface area contributed by atoms with Crippen LogP contribution >= 0.6 is 11.3 Å². The minimum absolute atomic E-state index is 0.298. The molecule has 0 aromatic carbocycles. The van der Waals surface area contributed by atoms with Crippen molar-refractivity contribution < 1.29 is 5.11 Å². The van der Waals surface area contributed by atoms with Gasteiger partial charge in [-0.15, -0.1) is 0 Å². The predicted molar refractivity (Wildman–Crippen MR) is 47.8 cm³/mol. The first-order valence-corrected chi connectivity index (χ1v) is 4.63. The molecule has 1 aromatic rings. The Morgan fingerprint density at radius 2 is 2.55 bits per heavy atom. The minimum Gasteiger partial charge on any atom is -0.388 e. The van der Waals surface area contributed by atoms with E-state index < -0.39 is 0 Å². The van der Waals surface area contributed by atoms with Crippen molar-refractivity contribution in [3.05, 3.63) is 22.4 Å². The van der Waals surface area contributed by atoms with Crippen LogP contribution in [0.25, 0.3) is 0 Å². The first-order valence-electron chi connectivity index (χ1n) is 3.69. The van der Waals surface area contributed by atoms with Gasteiger partial charge in [0.2, 0.25) is 0 Å². The standard InChI is InChI=1S/C8H13NOS/c1-9-4-2-8(10)7-3-5-11-6-7/h3,5-6,8-10H,2,4H2,1H3/t8-/m1/s1. The van der Waals surface area contributed by atoms with E-state index in [0.29, 0.717) is 0 Å². The first-order chi connectivity index (χ1) is 5.34. The lowest BCUT2D eigenvalue weighted by Gasteiger charge is -2.06. The summed E-state index contributed by atoms with van der Waals surface area (Å²) in [6.45, 7) is 0.858. The van der Waals surface area contributed by atoms with Crippen LogP contribution in [0.3, 0.4) is 0 Å². The van der Waals surface area contributed by atoms with Crippen LogP contribution in [0.4, 0.5) is 0 Å². The van der Waals surface area contributed by atoms with E-state index in [1.54, 1.807) is 11.3 Å². The van der Waals surface area contributed by atoms with E-state index in [1.807, 2.05) is 23.9 Å². The molecule has 1 aromatic heterocycles. The molecule has 3 heteroatoms. The van der Waals surface area contributed by atoms with Gasteiger partial charge in [0.05, 0.1) is 6.10 Å². The third-order valence-electron chi connectivity index (χ3n) is 1.60. The second-order valence-electron chi connectivity index (χ2n) is 2.46. The molecule has 0 saturated carbocycles. The van der Waals surface area contributed by atoms with Crippen molar-refractivity contribution in [2.45, 2.75) is 12.5 Å². The fourth-order valence-electron chi connectivity index (χ4n) is 0.912. The smallest absolute Gasteiger partial charge is 0.0810 e. The van der Waals surface area contributed by atoms with Gasteiger partial charge in [-0.25, -0.2) is 0 Å².